The largest absolute Gasteiger partial charge is 0.465 e. The van der Waals surface area contributed by atoms with E-state index in [1.54, 1.807) is 0 Å². The van der Waals surface area contributed by atoms with Crippen LogP contribution >= 0.6 is 0 Å². The number of hydrogen-bond donors (Lipinski definition) is 1. The van der Waals surface area contributed by atoms with Crippen molar-refractivity contribution in [2.24, 2.45) is 5.41 Å². The molecule has 0 bridgehead atoms. The highest BCUT2D eigenvalue weighted by molar-refractivity contribution is 5.96. The molecule has 3 saturated heterocycles. The second-order valence-corrected chi connectivity index (χ2v) is 11.9. The minimum atomic E-state index is -1.00. The van der Waals surface area contributed by atoms with Gasteiger partial charge in [0.2, 0.25) is 5.91 Å². The Labute approximate surface area is 240 Å². The van der Waals surface area contributed by atoms with Gasteiger partial charge in [0, 0.05) is 55.3 Å². The predicted molar refractivity (Wildman–Crippen MR) is 152 cm³/mol. The number of rotatable bonds is 6. The first kappa shape index (κ1) is 27.3. The number of carbonyl (C=O) groups excluding carboxylic acids is 1. The molecule has 1 aromatic heterocycles. The van der Waals surface area contributed by atoms with Gasteiger partial charge in [-0.05, 0) is 57.8 Å². The van der Waals surface area contributed by atoms with Crippen LogP contribution in [0.3, 0.4) is 0 Å². The number of fused-ring (bicyclic) bond motifs is 1. The van der Waals surface area contributed by atoms with E-state index in [4.69, 9.17) is 14.7 Å². The average Bonchev–Trinajstić information content (AvgIpc) is 3.53. The van der Waals surface area contributed by atoms with Crippen LogP contribution in [0.4, 0.5) is 16.3 Å². The van der Waals surface area contributed by atoms with E-state index in [2.05, 4.69) is 22.9 Å². The van der Waals surface area contributed by atoms with Gasteiger partial charge in [0.05, 0.1) is 24.2 Å². The molecular formula is C30H37N7O4. The molecule has 216 valence electrons. The smallest absolute Gasteiger partial charge is 0.407 e. The van der Waals surface area contributed by atoms with Gasteiger partial charge >= 0.3 is 12.1 Å². The molecule has 0 radical (unpaired) electrons. The third-order valence-electron chi connectivity index (χ3n) is 9.32. The van der Waals surface area contributed by atoms with Crippen molar-refractivity contribution in [3.05, 3.63) is 41.6 Å². The summed E-state index contributed by atoms with van der Waals surface area (Å²) in [4.78, 5) is 42.5. The molecule has 3 fully saturated rings. The Kier molecular flexibility index (Phi) is 7.43. The summed E-state index contributed by atoms with van der Waals surface area (Å²) in [6.45, 7) is 3.37. The van der Waals surface area contributed by atoms with Gasteiger partial charge in [-0.3, -0.25) is 4.79 Å². The van der Waals surface area contributed by atoms with E-state index < -0.39 is 12.1 Å². The fourth-order valence-electron chi connectivity index (χ4n) is 7.02. The number of nitriles is 1. The SMILES string of the molecule is CN1CCC[C@H]1COc1nc2c(c(N3CCN(C(=O)O)[C@@H](CC#N)C3)n1)CCC1(CC(=O)N(c3ccccc3)C1)C2. The Morgan fingerprint density at radius 1 is 1.17 bits per heavy atom. The number of carboxylic acid groups (broad SMARTS) is 1. The Morgan fingerprint density at radius 2 is 2.00 bits per heavy atom. The van der Waals surface area contributed by atoms with Crippen molar-refractivity contribution in [2.45, 2.75) is 57.0 Å². The number of nitrogens with zero attached hydrogens (tertiary/aromatic N) is 7. The van der Waals surface area contributed by atoms with Crippen LogP contribution in [0.25, 0.3) is 0 Å². The lowest BCUT2D eigenvalue weighted by atomic mass is 9.72. The second-order valence-electron chi connectivity index (χ2n) is 11.9. The van der Waals surface area contributed by atoms with E-state index in [0.29, 0.717) is 57.7 Å². The number of anilines is 2. The highest BCUT2D eigenvalue weighted by Gasteiger charge is 2.47. The quantitative estimate of drug-likeness (QED) is 0.568. The first-order valence-electron chi connectivity index (χ1n) is 14.6. The zero-order valence-corrected chi connectivity index (χ0v) is 23.5. The van der Waals surface area contributed by atoms with Crippen LogP contribution < -0.4 is 14.5 Å². The molecule has 11 nitrogen and oxygen atoms in total. The number of aromatic nitrogens is 2. The number of ether oxygens (including phenoxy) is 1. The second kappa shape index (κ2) is 11.2. The predicted octanol–water partition coefficient (Wildman–Crippen LogP) is 2.94. The standard InChI is InChI=1S/C30H37N7O4/c1-34-13-5-8-23(34)19-41-28-32-25-16-30(17-26(38)37(20-30)21-6-3-2-4-7-21)11-9-24(25)27(33-28)35-14-15-36(29(39)40)22(18-35)10-12-31/h2-4,6-7,22-23H,5,8-11,13-20H2,1H3,(H,39,40)/t22-,23-,30?/m0/s1. The number of likely N-dealkylation sites (tertiary alicyclic amines) is 1. The summed E-state index contributed by atoms with van der Waals surface area (Å²) in [5, 5.41) is 19.1. The number of benzene rings is 1. The molecule has 3 atom stereocenters. The van der Waals surface area contributed by atoms with E-state index in [1.807, 2.05) is 35.2 Å². The van der Waals surface area contributed by atoms with E-state index in [1.165, 1.54) is 4.90 Å². The van der Waals surface area contributed by atoms with Gasteiger partial charge < -0.3 is 29.4 Å². The van der Waals surface area contributed by atoms with Crippen LogP contribution in [0.1, 0.15) is 43.4 Å². The van der Waals surface area contributed by atoms with E-state index in [9.17, 15) is 20.0 Å². The molecule has 0 saturated carbocycles. The maximum absolute atomic E-state index is 13.2. The normalized spacial score (nSPS) is 26.3. The third-order valence-corrected chi connectivity index (χ3v) is 9.32. The van der Waals surface area contributed by atoms with Crippen molar-refractivity contribution in [2.75, 3.05) is 56.2 Å². The van der Waals surface area contributed by atoms with Gasteiger partial charge in [-0.15, -0.1) is 0 Å². The molecule has 1 unspecified atom stereocenters. The summed E-state index contributed by atoms with van der Waals surface area (Å²) in [6, 6.07) is 12.2. The molecule has 6 rings (SSSR count). The summed E-state index contributed by atoms with van der Waals surface area (Å²) in [5.41, 5.74) is 2.68. The number of amides is 2. The van der Waals surface area contributed by atoms with Crippen LogP contribution in [-0.2, 0) is 17.6 Å². The van der Waals surface area contributed by atoms with Crippen molar-refractivity contribution in [3.63, 3.8) is 0 Å². The molecule has 1 aromatic carbocycles. The first-order chi connectivity index (χ1) is 19.9. The number of likely N-dealkylation sites (N-methyl/N-ethyl adjacent to an activating group) is 1. The molecule has 41 heavy (non-hydrogen) atoms. The molecule has 4 heterocycles. The summed E-state index contributed by atoms with van der Waals surface area (Å²) >= 11 is 0. The molecular weight excluding hydrogens is 522 g/mol. The molecule has 1 aliphatic carbocycles. The molecule has 3 aliphatic heterocycles. The first-order valence-corrected chi connectivity index (χ1v) is 14.6. The minimum absolute atomic E-state index is 0.119. The third kappa shape index (κ3) is 5.40. The Balaban J connectivity index is 1.30. The van der Waals surface area contributed by atoms with Gasteiger partial charge in [0.1, 0.15) is 12.4 Å². The number of piperazine rings is 1. The molecule has 4 aliphatic rings. The monoisotopic (exact) mass is 559 g/mol. The molecule has 2 aromatic rings. The molecule has 11 heteroatoms. The van der Waals surface area contributed by atoms with Crippen molar-refractivity contribution >= 4 is 23.5 Å². The molecule has 1 spiro atoms. The van der Waals surface area contributed by atoms with Crippen LogP contribution in [0.15, 0.2) is 30.3 Å². The summed E-state index contributed by atoms with van der Waals surface area (Å²) in [6.07, 6.45) is 4.03. The van der Waals surface area contributed by atoms with Gasteiger partial charge in [-0.25, -0.2) is 4.79 Å². The fourth-order valence-corrected chi connectivity index (χ4v) is 7.02. The highest BCUT2D eigenvalue weighted by atomic mass is 16.5. The number of hydrogen-bond acceptors (Lipinski definition) is 8. The van der Waals surface area contributed by atoms with Crippen LogP contribution in [0.5, 0.6) is 6.01 Å². The lowest BCUT2D eigenvalue weighted by Crippen LogP contribution is -2.55. The van der Waals surface area contributed by atoms with Crippen molar-refractivity contribution < 1.29 is 19.4 Å². The van der Waals surface area contributed by atoms with Gasteiger partial charge in [0.15, 0.2) is 0 Å². The van der Waals surface area contributed by atoms with E-state index in [0.717, 1.165) is 55.0 Å². The summed E-state index contributed by atoms with van der Waals surface area (Å²) in [7, 11) is 2.11. The van der Waals surface area contributed by atoms with Crippen LogP contribution in [0.2, 0.25) is 0 Å². The Hall–Kier alpha value is -3.91. The topological polar surface area (TPSA) is 126 Å². The van der Waals surface area contributed by atoms with E-state index >= 15 is 0 Å². The molecule has 2 amide bonds. The highest BCUT2D eigenvalue weighted by Crippen LogP contribution is 2.46. The van der Waals surface area contributed by atoms with E-state index in [-0.39, 0.29) is 17.7 Å². The van der Waals surface area contributed by atoms with Crippen molar-refractivity contribution in [1.29, 1.82) is 5.26 Å². The Bertz CT molecular complexity index is 1350. The lowest BCUT2D eigenvalue weighted by molar-refractivity contribution is -0.117. The fraction of sp³-hybridized carbons (Fsp3) is 0.567. The summed E-state index contributed by atoms with van der Waals surface area (Å²) < 4.78 is 6.23. The van der Waals surface area contributed by atoms with Gasteiger partial charge in [-0.2, -0.15) is 15.2 Å². The van der Waals surface area contributed by atoms with Crippen LogP contribution in [-0.4, -0.2) is 95.3 Å². The lowest BCUT2D eigenvalue weighted by Gasteiger charge is -2.41. The zero-order valence-electron chi connectivity index (χ0n) is 23.5. The van der Waals surface area contributed by atoms with Crippen molar-refractivity contribution in [3.8, 4) is 12.1 Å². The maximum atomic E-state index is 13.2. The zero-order chi connectivity index (χ0) is 28.6. The average molecular weight is 560 g/mol. The Morgan fingerprint density at radius 3 is 2.73 bits per heavy atom. The molecule has 1 N–H and O–H groups in total. The van der Waals surface area contributed by atoms with Crippen LogP contribution in [0, 0.1) is 16.7 Å². The van der Waals surface area contributed by atoms with Gasteiger partial charge in [0.25, 0.3) is 0 Å². The number of carbonyl (C=O) groups is 2. The van der Waals surface area contributed by atoms with Gasteiger partial charge in [-0.1, -0.05) is 18.2 Å². The number of para-hydroxylation sites is 1. The maximum Gasteiger partial charge on any atom is 0.407 e. The summed E-state index contributed by atoms with van der Waals surface area (Å²) in [5.74, 6) is 0.913. The van der Waals surface area contributed by atoms with Crippen molar-refractivity contribution in [1.82, 2.24) is 19.8 Å². The minimum Gasteiger partial charge on any atom is -0.465 e.